The Hall–Kier alpha value is -0.0400. The van der Waals surface area contributed by atoms with Crippen LogP contribution in [0.1, 0.15) is 40.5 Å². The molecule has 0 aliphatic carbocycles. The first-order valence-electron chi connectivity index (χ1n) is 4.56. The van der Waals surface area contributed by atoms with Crippen LogP contribution in [0.2, 0.25) is 0 Å². The van der Waals surface area contributed by atoms with Gasteiger partial charge in [-0.25, -0.2) is 0 Å². The van der Waals surface area contributed by atoms with Crippen LogP contribution in [0.15, 0.2) is 0 Å². The highest BCUT2D eigenvalue weighted by Crippen LogP contribution is 2.14. The van der Waals surface area contributed by atoms with E-state index in [1.807, 2.05) is 13.8 Å². The molecule has 0 bridgehead atoms. The van der Waals surface area contributed by atoms with Crippen molar-refractivity contribution >= 4 is 0 Å². The van der Waals surface area contributed by atoms with Crippen molar-refractivity contribution in [2.75, 3.05) is 6.54 Å². The summed E-state index contributed by atoms with van der Waals surface area (Å²) in [6.45, 7) is 9.79. The second-order valence-electron chi connectivity index (χ2n) is 2.85. The van der Waals surface area contributed by atoms with Gasteiger partial charge in [0.15, 0.2) is 0 Å². The quantitative estimate of drug-likeness (QED) is 0.594. The van der Waals surface area contributed by atoms with Crippen molar-refractivity contribution in [3.63, 3.8) is 0 Å². The van der Waals surface area contributed by atoms with E-state index in [-0.39, 0.29) is 0 Å². The van der Waals surface area contributed by atoms with Crippen LogP contribution in [0.3, 0.4) is 0 Å². The number of hydrogen-bond acceptors (Lipinski definition) is 1. The molecule has 1 heteroatoms. The van der Waals surface area contributed by atoms with Crippen LogP contribution in [-0.2, 0) is 0 Å². The summed E-state index contributed by atoms with van der Waals surface area (Å²) in [6.07, 6.45) is 2.68. The predicted molar refractivity (Wildman–Crippen MR) is 47.2 cm³/mol. The summed E-state index contributed by atoms with van der Waals surface area (Å²) in [7, 11) is 0. The smallest absolute Gasteiger partial charge is 0.00675 e. The van der Waals surface area contributed by atoms with E-state index >= 15 is 0 Å². The fraction of sp³-hybridized carbons (Fsp3) is 1.00. The average molecular weight is 143 g/mol. The van der Waals surface area contributed by atoms with Gasteiger partial charge in [0.05, 0.1) is 0 Å². The van der Waals surface area contributed by atoms with Crippen LogP contribution in [-0.4, -0.2) is 12.6 Å². The van der Waals surface area contributed by atoms with E-state index in [9.17, 15) is 0 Å². The molecule has 0 saturated carbocycles. The van der Waals surface area contributed by atoms with Gasteiger partial charge in [0.1, 0.15) is 0 Å². The molecule has 1 nitrogen and oxygen atoms in total. The van der Waals surface area contributed by atoms with Crippen LogP contribution in [0.25, 0.3) is 0 Å². The number of rotatable bonds is 1. The molecule has 1 N–H and O–H groups in total. The van der Waals surface area contributed by atoms with Crippen LogP contribution >= 0.6 is 0 Å². The predicted octanol–water partition coefficient (Wildman–Crippen LogP) is 2.42. The third-order valence-electron chi connectivity index (χ3n) is 1.93. The van der Waals surface area contributed by atoms with Crippen molar-refractivity contribution in [3.05, 3.63) is 0 Å². The molecule has 1 saturated heterocycles. The zero-order valence-electron chi connectivity index (χ0n) is 7.78. The Morgan fingerprint density at radius 1 is 1.40 bits per heavy atom. The zero-order valence-corrected chi connectivity index (χ0v) is 7.78. The maximum Gasteiger partial charge on any atom is 0.00675 e. The third-order valence-corrected chi connectivity index (χ3v) is 1.93. The summed E-state index contributed by atoms with van der Waals surface area (Å²) in [5.41, 5.74) is 0. The lowest BCUT2D eigenvalue weighted by Crippen LogP contribution is -2.19. The van der Waals surface area contributed by atoms with Crippen molar-refractivity contribution in [1.82, 2.24) is 5.32 Å². The molecule has 1 aliphatic rings. The normalized spacial score (nSPS) is 31.2. The summed E-state index contributed by atoms with van der Waals surface area (Å²) in [5.74, 6) is 0.917. The summed E-state index contributed by atoms with van der Waals surface area (Å²) >= 11 is 0. The van der Waals surface area contributed by atoms with E-state index in [4.69, 9.17) is 0 Å². The van der Waals surface area contributed by atoms with Crippen molar-refractivity contribution in [2.45, 2.75) is 46.6 Å². The molecular formula is C9H21N. The van der Waals surface area contributed by atoms with Gasteiger partial charge in [-0.1, -0.05) is 27.7 Å². The second-order valence-corrected chi connectivity index (χ2v) is 2.85. The van der Waals surface area contributed by atoms with E-state index in [1.54, 1.807) is 0 Å². The second kappa shape index (κ2) is 5.72. The summed E-state index contributed by atoms with van der Waals surface area (Å²) in [6, 6.07) is 0.824. The van der Waals surface area contributed by atoms with E-state index < -0.39 is 0 Å². The van der Waals surface area contributed by atoms with Gasteiger partial charge >= 0.3 is 0 Å². The summed E-state index contributed by atoms with van der Waals surface area (Å²) in [4.78, 5) is 0. The minimum Gasteiger partial charge on any atom is -0.314 e. The molecule has 62 valence electrons. The topological polar surface area (TPSA) is 12.0 Å². The lowest BCUT2D eigenvalue weighted by atomic mass is 10.1. The molecule has 0 spiro atoms. The molecule has 0 aromatic heterocycles. The van der Waals surface area contributed by atoms with Crippen LogP contribution in [0, 0.1) is 5.92 Å². The highest BCUT2D eigenvalue weighted by atomic mass is 14.9. The Labute approximate surface area is 65.2 Å². The van der Waals surface area contributed by atoms with Gasteiger partial charge in [-0.2, -0.15) is 0 Å². The fourth-order valence-corrected chi connectivity index (χ4v) is 1.33. The van der Waals surface area contributed by atoms with Crippen molar-refractivity contribution in [3.8, 4) is 0 Å². The van der Waals surface area contributed by atoms with Crippen molar-refractivity contribution in [2.24, 2.45) is 5.92 Å². The molecule has 1 aliphatic heterocycles. The molecule has 1 fully saturated rings. The van der Waals surface area contributed by atoms with Gasteiger partial charge in [0, 0.05) is 6.04 Å². The first-order chi connectivity index (χ1) is 4.83. The Bertz CT molecular complexity index is 71.1. The van der Waals surface area contributed by atoms with Crippen molar-refractivity contribution in [1.29, 1.82) is 0 Å². The van der Waals surface area contributed by atoms with Gasteiger partial charge in [0.2, 0.25) is 0 Å². The number of hydrogen-bond donors (Lipinski definition) is 1. The average Bonchev–Trinajstić information content (AvgIpc) is 2.40. The van der Waals surface area contributed by atoms with Gasteiger partial charge < -0.3 is 5.32 Å². The molecular weight excluding hydrogens is 122 g/mol. The molecule has 0 aromatic carbocycles. The molecule has 0 aromatic rings. The Morgan fingerprint density at radius 2 is 2.00 bits per heavy atom. The van der Waals surface area contributed by atoms with Gasteiger partial charge in [-0.3, -0.25) is 0 Å². The Kier molecular flexibility index (Phi) is 5.70. The van der Waals surface area contributed by atoms with E-state index in [1.165, 1.54) is 19.4 Å². The lowest BCUT2D eigenvalue weighted by molar-refractivity contribution is 0.568. The summed E-state index contributed by atoms with van der Waals surface area (Å²) in [5, 5.41) is 3.46. The minimum atomic E-state index is 0.824. The standard InChI is InChI=1S/C7H15N.C2H6/c1-3-7-4-6(2)5-8-7;1-2/h6-8H,3-5H2,1-2H3;1-2H3. The monoisotopic (exact) mass is 143 g/mol. The Balaban J connectivity index is 0.000000371. The molecule has 1 rings (SSSR count). The lowest BCUT2D eigenvalue weighted by Gasteiger charge is -2.02. The molecule has 2 unspecified atom stereocenters. The first-order valence-corrected chi connectivity index (χ1v) is 4.56. The molecule has 10 heavy (non-hydrogen) atoms. The van der Waals surface area contributed by atoms with Gasteiger partial charge in [-0.15, -0.1) is 0 Å². The molecule has 1 heterocycles. The maximum absolute atomic E-state index is 3.46. The first kappa shape index (κ1) is 9.96. The molecule has 2 atom stereocenters. The van der Waals surface area contributed by atoms with Gasteiger partial charge in [0.25, 0.3) is 0 Å². The van der Waals surface area contributed by atoms with E-state index in [0.717, 1.165) is 12.0 Å². The van der Waals surface area contributed by atoms with E-state index in [0.29, 0.717) is 0 Å². The van der Waals surface area contributed by atoms with Crippen LogP contribution < -0.4 is 5.32 Å². The summed E-state index contributed by atoms with van der Waals surface area (Å²) < 4.78 is 0. The van der Waals surface area contributed by atoms with Crippen LogP contribution in [0.5, 0.6) is 0 Å². The largest absolute Gasteiger partial charge is 0.314 e. The van der Waals surface area contributed by atoms with Crippen molar-refractivity contribution < 1.29 is 0 Å². The third kappa shape index (κ3) is 3.21. The highest BCUT2D eigenvalue weighted by molar-refractivity contribution is 4.77. The SMILES string of the molecule is CC.CCC1CC(C)CN1. The van der Waals surface area contributed by atoms with Gasteiger partial charge in [-0.05, 0) is 25.3 Å². The fourth-order valence-electron chi connectivity index (χ4n) is 1.33. The zero-order chi connectivity index (χ0) is 7.98. The highest BCUT2D eigenvalue weighted by Gasteiger charge is 2.17. The van der Waals surface area contributed by atoms with E-state index in [2.05, 4.69) is 19.2 Å². The Morgan fingerprint density at radius 3 is 2.20 bits per heavy atom. The minimum absolute atomic E-state index is 0.824. The molecule has 0 radical (unpaired) electrons. The number of nitrogens with one attached hydrogen (secondary N) is 1. The molecule has 0 amide bonds. The van der Waals surface area contributed by atoms with Crippen LogP contribution in [0.4, 0.5) is 0 Å². The maximum atomic E-state index is 3.46.